The second kappa shape index (κ2) is 5.81. The van der Waals surface area contributed by atoms with Crippen LogP contribution in [-0.4, -0.2) is 75.9 Å². The van der Waals surface area contributed by atoms with Crippen molar-refractivity contribution in [3.05, 3.63) is 0 Å². The van der Waals surface area contributed by atoms with Crippen LogP contribution in [-0.2, 0) is 4.79 Å². The molecule has 3 heterocycles. The Morgan fingerprint density at radius 3 is 2.71 bits per heavy atom. The molecule has 0 aromatic carbocycles. The average molecular weight is 297 g/mol. The highest BCUT2D eigenvalue weighted by Gasteiger charge is 2.42. The molecule has 118 valence electrons. The van der Waals surface area contributed by atoms with E-state index in [-0.39, 0.29) is 25.0 Å². The minimum Gasteiger partial charge on any atom is -0.480 e. The lowest BCUT2D eigenvalue weighted by molar-refractivity contribution is -0.141. The lowest BCUT2D eigenvalue weighted by atomic mass is 9.99. The van der Waals surface area contributed by atoms with E-state index < -0.39 is 18.1 Å². The van der Waals surface area contributed by atoms with Crippen molar-refractivity contribution in [1.29, 1.82) is 0 Å². The number of β-amino-alcohol motifs (C(OH)–C–C–N with tert-alkyl or cyclic N) is 1. The minimum absolute atomic E-state index is 0.101. The Labute approximate surface area is 123 Å². The van der Waals surface area contributed by atoms with Crippen molar-refractivity contribution >= 4 is 12.0 Å². The Morgan fingerprint density at radius 1 is 1.14 bits per heavy atom. The molecule has 0 aliphatic carbocycles. The highest BCUT2D eigenvalue weighted by Crippen LogP contribution is 2.27. The van der Waals surface area contributed by atoms with Gasteiger partial charge in [0.15, 0.2) is 0 Å². The first-order valence-electron chi connectivity index (χ1n) is 7.78. The number of carbonyl (C=O) groups excluding carboxylic acids is 1. The molecule has 4 atom stereocenters. The zero-order valence-electron chi connectivity index (χ0n) is 12.1. The summed E-state index contributed by atoms with van der Waals surface area (Å²) < 4.78 is 0. The number of rotatable bonds is 2. The molecule has 0 aromatic heterocycles. The Bertz CT molecular complexity index is 430. The Morgan fingerprint density at radius 2 is 1.95 bits per heavy atom. The van der Waals surface area contributed by atoms with Crippen LogP contribution in [0.3, 0.4) is 0 Å². The fraction of sp³-hybridized carbons (Fsp3) is 0.857. The minimum atomic E-state index is -1.05. The summed E-state index contributed by atoms with van der Waals surface area (Å²) >= 11 is 0. The fourth-order valence-electron chi connectivity index (χ4n) is 3.93. The number of carbonyl (C=O) groups is 2. The van der Waals surface area contributed by atoms with Gasteiger partial charge in [0, 0.05) is 31.6 Å². The van der Waals surface area contributed by atoms with E-state index >= 15 is 0 Å². The monoisotopic (exact) mass is 297 g/mol. The summed E-state index contributed by atoms with van der Waals surface area (Å²) in [5, 5.41) is 21.8. The first-order chi connectivity index (χ1) is 10.1. The van der Waals surface area contributed by atoms with E-state index in [0.717, 1.165) is 25.9 Å². The van der Waals surface area contributed by atoms with Gasteiger partial charge in [-0.3, -0.25) is 4.90 Å². The number of likely N-dealkylation sites (tertiary alicyclic amines) is 1. The summed E-state index contributed by atoms with van der Waals surface area (Å²) in [5.41, 5.74) is 0. The van der Waals surface area contributed by atoms with Gasteiger partial charge in [0.05, 0.1) is 6.10 Å². The molecule has 0 saturated carbocycles. The van der Waals surface area contributed by atoms with Crippen molar-refractivity contribution < 1.29 is 19.8 Å². The second-order valence-electron chi connectivity index (χ2n) is 6.34. The van der Waals surface area contributed by atoms with Crippen LogP contribution < -0.4 is 5.32 Å². The number of aliphatic carboxylic acids is 1. The number of amides is 2. The van der Waals surface area contributed by atoms with Gasteiger partial charge in [0.2, 0.25) is 0 Å². The van der Waals surface area contributed by atoms with Crippen LogP contribution in [0.25, 0.3) is 0 Å². The number of hydrogen-bond acceptors (Lipinski definition) is 4. The number of fused-ring (bicyclic) bond motifs is 1. The van der Waals surface area contributed by atoms with Crippen LogP contribution >= 0.6 is 0 Å². The molecule has 21 heavy (non-hydrogen) atoms. The van der Waals surface area contributed by atoms with E-state index in [1.807, 2.05) is 0 Å². The Balaban J connectivity index is 1.62. The van der Waals surface area contributed by atoms with E-state index in [2.05, 4.69) is 10.2 Å². The van der Waals surface area contributed by atoms with Crippen LogP contribution in [0.1, 0.15) is 32.1 Å². The fourth-order valence-corrected chi connectivity index (χ4v) is 3.93. The maximum atomic E-state index is 12.4. The van der Waals surface area contributed by atoms with Gasteiger partial charge >= 0.3 is 12.0 Å². The van der Waals surface area contributed by atoms with Gasteiger partial charge < -0.3 is 20.4 Å². The summed E-state index contributed by atoms with van der Waals surface area (Å²) in [6.07, 6.45) is 3.79. The molecule has 3 rings (SSSR count). The topological polar surface area (TPSA) is 93.1 Å². The van der Waals surface area contributed by atoms with Crippen molar-refractivity contribution in [3.63, 3.8) is 0 Å². The van der Waals surface area contributed by atoms with Crippen molar-refractivity contribution in [1.82, 2.24) is 15.1 Å². The average Bonchev–Trinajstić information content (AvgIpc) is 3.03. The van der Waals surface area contributed by atoms with Crippen LogP contribution in [0.2, 0.25) is 0 Å². The van der Waals surface area contributed by atoms with Gasteiger partial charge in [0.25, 0.3) is 0 Å². The molecule has 3 aliphatic rings. The third kappa shape index (κ3) is 2.85. The number of carboxylic acid groups (broad SMARTS) is 1. The standard InChI is InChI=1S/C14H23N3O4/c18-9-7-12(13(19)20)17(8-9)14(21)15-10-4-6-16-5-2-1-3-11(10)16/h9-12,18H,1-8H2,(H,15,21)(H,19,20)/t9?,10?,11?,12-/m0/s1. The molecule has 0 spiro atoms. The number of carboxylic acids is 1. The molecule has 3 saturated heterocycles. The predicted octanol–water partition coefficient (Wildman–Crippen LogP) is -0.157. The predicted molar refractivity (Wildman–Crippen MR) is 74.9 cm³/mol. The molecule has 3 fully saturated rings. The molecular formula is C14H23N3O4. The van der Waals surface area contributed by atoms with Gasteiger partial charge in [0.1, 0.15) is 6.04 Å². The third-order valence-corrected chi connectivity index (χ3v) is 4.99. The third-order valence-electron chi connectivity index (χ3n) is 4.99. The summed E-state index contributed by atoms with van der Waals surface area (Å²) in [5.74, 6) is -1.05. The Kier molecular flexibility index (Phi) is 4.03. The van der Waals surface area contributed by atoms with Gasteiger partial charge in [-0.15, -0.1) is 0 Å². The Hall–Kier alpha value is -1.34. The lowest BCUT2D eigenvalue weighted by Gasteiger charge is -2.33. The molecule has 0 aromatic rings. The largest absolute Gasteiger partial charge is 0.480 e. The van der Waals surface area contributed by atoms with Crippen molar-refractivity contribution in [2.45, 2.75) is 56.3 Å². The maximum absolute atomic E-state index is 12.4. The molecule has 3 N–H and O–H groups in total. The van der Waals surface area contributed by atoms with Crippen molar-refractivity contribution in [3.8, 4) is 0 Å². The second-order valence-corrected chi connectivity index (χ2v) is 6.34. The summed E-state index contributed by atoms with van der Waals surface area (Å²) in [6.45, 7) is 2.20. The van der Waals surface area contributed by atoms with Crippen LogP contribution in [0.4, 0.5) is 4.79 Å². The zero-order chi connectivity index (χ0) is 15.0. The number of urea groups is 1. The highest BCUT2D eigenvalue weighted by molar-refractivity contribution is 5.83. The van der Waals surface area contributed by atoms with Gasteiger partial charge in [-0.1, -0.05) is 6.42 Å². The number of nitrogens with one attached hydrogen (secondary N) is 1. The zero-order valence-corrected chi connectivity index (χ0v) is 12.1. The molecule has 7 nitrogen and oxygen atoms in total. The molecular weight excluding hydrogens is 274 g/mol. The normalized spacial score (nSPS) is 36.5. The molecule has 7 heteroatoms. The molecule has 3 unspecified atom stereocenters. The van der Waals surface area contributed by atoms with Crippen LogP contribution in [0.15, 0.2) is 0 Å². The number of hydrogen-bond donors (Lipinski definition) is 3. The SMILES string of the molecule is O=C(O)[C@@H]1CC(O)CN1C(=O)NC1CCN2CCCCC12. The molecule has 2 amide bonds. The van der Waals surface area contributed by atoms with Gasteiger partial charge in [-0.05, 0) is 25.8 Å². The molecule has 0 radical (unpaired) electrons. The van der Waals surface area contributed by atoms with E-state index in [0.29, 0.717) is 6.04 Å². The summed E-state index contributed by atoms with van der Waals surface area (Å²) in [6, 6.07) is -0.774. The number of nitrogens with zero attached hydrogens (tertiary/aromatic N) is 2. The smallest absolute Gasteiger partial charge is 0.326 e. The van der Waals surface area contributed by atoms with Crippen LogP contribution in [0, 0.1) is 0 Å². The van der Waals surface area contributed by atoms with E-state index in [1.54, 1.807) is 0 Å². The quantitative estimate of drug-likeness (QED) is 0.659. The van der Waals surface area contributed by atoms with Gasteiger partial charge in [-0.2, -0.15) is 0 Å². The van der Waals surface area contributed by atoms with E-state index in [1.165, 1.54) is 17.7 Å². The van der Waals surface area contributed by atoms with Crippen molar-refractivity contribution in [2.75, 3.05) is 19.6 Å². The highest BCUT2D eigenvalue weighted by atomic mass is 16.4. The number of piperidine rings is 1. The van der Waals surface area contributed by atoms with Crippen molar-refractivity contribution in [2.24, 2.45) is 0 Å². The molecule has 3 aliphatic heterocycles. The van der Waals surface area contributed by atoms with Crippen LogP contribution in [0.5, 0.6) is 0 Å². The number of aliphatic hydroxyl groups is 1. The first kappa shape index (κ1) is 14.6. The molecule has 0 bridgehead atoms. The maximum Gasteiger partial charge on any atom is 0.326 e. The summed E-state index contributed by atoms with van der Waals surface area (Å²) in [7, 11) is 0. The van der Waals surface area contributed by atoms with Gasteiger partial charge in [-0.25, -0.2) is 9.59 Å². The lowest BCUT2D eigenvalue weighted by Crippen LogP contribution is -2.53. The van der Waals surface area contributed by atoms with E-state index in [9.17, 15) is 14.7 Å². The first-order valence-corrected chi connectivity index (χ1v) is 7.78. The summed E-state index contributed by atoms with van der Waals surface area (Å²) in [4.78, 5) is 27.2. The number of aliphatic hydroxyl groups excluding tert-OH is 1. The van der Waals surface area contributed by atoms with E-state index in [4.69, 9.17) is 5.11 Å².